The SMILES string of the molecule is O=C(O)C=CC(=O)NC(=O)NCCc1ccc(Cl)cc1. The Morgan fingerprint density at radius 3 is 2.40 bits per heavy atom. The summed E-state index contributed by atoms with van der Waals surface area (Å²) in [5.41, 5.74) is 0.992. The van der Waals surface area contributed by atoms with E-state index in [1.807, 2.05) is 17.4 Å². The van der Waals surface area contributed by atoms with Gasteiger partial charge in [0.25, 0.3) is 5.91 Å². The van der Waals surface area contributed by atoms with E-state index in [0.717, 1.165) is 11.6 Å². The van der Waals surface area contributed by atoms with Crippen LogP contribution in [-0.2, 0) is 16.0 Å². The number of hydrogen-bond acceptors (Lipinski definition) is 3. The minimum absolute atomic E-state index is 0.337. The van der Waals surface area contributed by atoms with Crippen molar-refractivity contribution < 1.29 is 19.5 Å². The molecule has 3 N–H and O–H groups in total. The van der Waals surface area contributed by atoms with Gasteiger partial charge in [-0.05, 0) is 24.1 Å². The number of imide groups is 1. The molecule has 0 radical (unpaired) electrons. The Kier molecular flexibility index (Phi) is 6.25. The second-order valence-corrected chi connectivity index (χ2v) is 4.23. The first kappa shape index (κ1) is 15.7. The number of carbonyl (C=O) groups excluding carboxylic acids is 2. The van der Waals surface area contributed by atoms with E-state index in [2.05, 4.69) is 5.32 Å². The fourth-order valence-corrected chi connectivity index (χ4v) is 1.44. The first-order chi connectivity index (χ1) is 9.47. The normalized spacial score (nSPS) is 10.2. The molecule has 1 aromatic rings. The Balaban J connectivity index is 2.28. The lowest BCUT2D eigenvalue weighted by molar-refractivity contribution is -0.131. The van der Waals surface area contributed by atoms with Crippen molar-refractivity contribution in [1.29, 1.82) is 0 Å². The van der Waals surface area contributed by atoms with E-state index in [1.54, 1.807) is 12.1 Å². The van der Waals surface area contributed by atoms with Crippen LogP contribution in [0.3, 0.4) is 0 Å². The van der Waals surface area contributed by atoms with Crippen molar-refractivity contribution in [2.45, 2.75) is 6.42 Å². The Bertz CT molecular complexity index is 526. The molecule has 6 nitrogen and oxygen atoms in total. The molecule has 0 saturated heterocycles. The minimum atomic E-state index is -1.26. The molecule has 20 heavy (non-hydrogen) atoms. The Hall–Kier alpha value is -2.34. The van der Waals surface area contributed by atoms with Gasteiger partial charge in [-0.3, -0.25) is 10.1 Å². The maximum atomic E-state index is 11.3. The summed E-state index contributed by atoms with van der Waals surface area (Å²) in [6.45, 7) is 0.337. The van der Waals surface area contributed by atoms with Gasteiger partial charge in [0.2, 0.25) is 0 Å². The predicted octanol–water partition coefficient (Wildman–Crippen LogP) is 1.35. The van der Waals surface area contributed by atoms with E-state index in [-0.39, 0.29) is 0 Å². The summed E-state index contributed by atoms with van der Waals surface area (Å²) in [5.74, 6) is -2.06. The van der Waals surface area contributed by atoms with Gasteiger partial charge in [0.15, 0.2) is 0 Å². The molecular weight excluding hydrogens is 284 g/mol. The standard InChI is InChI=1S/C13H13ClN2O4/c14-10-3-1-9(2-4-10)7-8-15-13(20)16-11(17)5-6-12(18)19/h1-6H,7-8H2,(H,18,19)(H2,15,16,17,20). The van der Waals surface area contributed by atoms with Gasteiger partial charge in [0.05, 0.1) is 0 Å². The average Bonchev–Trinajstić information content (AvgIpc) is 2.38. The minimum Gasteiger partial charge on any atom is -0.478 e. The molecule has 1 rings (SSSR count). The molecule has 0 bridgehead atoms. The van der Waals surface area contributed by atoms with Gasteiger partial charge in [0, 0.05) is 23.7 Å². The first-order valence-corrected chi connectivity index (χ1v) is 6.09. The molecule has 0 aliphatic carbocycles. The molecule has 0 heterocycles. The van der Waals surface area contributed by atoms with Gasteiger partial charge >= 0.3 is 12.0 Å². The van der Waals surface area contributed by atoms with Crippen LogP contribution in [0, 0.1) is 0 Å². The van der Waals surface area contributed by atoms with E-state index >= 15 is 0 Å². The molecule has 0 fully saturated rings. The van der Waals surface area contributed by atoms with E-state index in [1.165, 1.54) is 0 Å². The largest absolute Gasteiger partial charge is 0.478 e. The summed E-state index contributed by atoms with van der Waals surface area (Å²) in [4.78, 5) is 32.6. The molecule has 106 valence electrons. The van der Waals surface area contributed by atoms with Crippen LogP contribution >= 0.6 is 11.6 Å². The van der Waals surface area contributed by atoms with Gasteiger partial charge in [-0.15, -0.1) is 0 Å². The molecular formula is C13H13ClN2O4. The number of rotatable bonds is 5. The smallest absolute Gasteiger partial charge is 0.328 e. The average molecular weight is 297 g/mol. The number of nitrogens with one attached hydrogen (secondary N) is 2. The molecule has 0 unspecified atom stereocenters. The lowest BCUT2D eigenvalue weighted by Gasteiger charge is -2.05. The third-order valence-corrected chi connectivity index (χ3v) is 2.48. The highest BCUT2D eigenvalue weighted by Gasteiger charge is 2.04. The summed E-state index contributed by atoms with van der Waals surface area (Å²) in [6.07, 6.45) is 2.00. The fraction of sp³-hybridized carbons (Fsp3) is 0.154. The second-order valence-electron chi connectivity index (χ2n) is 3.79. The van der Waals surface area contributed by atoms with Crippen molar-refractivity contribution in [3.63, 3.8) is 0 Å². The van der Waals surface area contributed by atoms with E-state index < -0.39 is 17.9 Å². The van der Waals surface area contributed by atoms with Crippen molar-refractivity contribution in [3.05, 3.63) is 47.0 Å². The van der Waals surface area contributed by atoms with Gasteiger partial charge in [-0.25, -0.2) is 9.59 Å². The number of benzene rings is 1. The Morgan fingerprint density at radius 2 is 1.80 bits per heavy atom. The quantitative estimate of drug-likeness (QED) is 0.715. The van der Waals surface area contributed by atoms with Crippen LogP contribution in [-0.4, -0.2) is 29.6 Å². The van der Waals surface area contributed by atoms with Crippen LogP contribution in [0.25, 0.3) is 0 Å². The van der Waals surface area contributed by atoms with Crippen LogP contribution < -0.4 is 10.6 Å². The zero-order valence-electron chi connectivity index (χ0n) is 10.4. The predicted molar refractivity (Wildman–Crippen MR) is 73.5 cm³/mol. The number of aliphatic carboxylic acids is 1. The van der Waals surface area contributed by atoms with Crippen LogP contribution in [0.2, 0.25) is 5.02 Å². The molecule has 1 aromatic carbocycles. The molecule has 0 atom stereocenters. The van der Waals surface area contributed by atoms with Crippen molar-refractivity contribution in [2.75, 3.05) is 6.54 Å². The van der Waals surface area contributed by atoms with E-state index in [9.17, 15) is 14.4 Å². The zero-order valence-corrected chi connectivity index (χ0v) is 11.2. The number of halogens is 1. The topological polar surface area (TPSA) is 95.5 Å². The van der Waals surface area contributed by atoms with E-state index in [0.29, 0.717) is 24.1 Å². The summed E-state index contributed by atoms with van der Waals surface area (Å²) in [6, 6.07) is 6.48. The molecule has 0 saturated carbocycles. The zero-order chi connectivity index (χ0) is 15.0. The molecule has 7 heteroatoms. The number of carboxylic acids is 1. The third-order valence-electron chi connectivity index (χ3n) is 2.23. The number of carboxylic acid groups (broad SMARTS) is 1. The summed E-state index contributed by atoms with van der Waals surface area (Å²) in [7, 11) is 0. The lowest BCUT2D eigenvalue weighted by atomic mass is 10.1. The molecule has 0 aromatic heterocycles. The van der Waals surface area contributed by atoms with Crippen molar-refractivity contribution in [3.8, 4) is 0 Å². The van der Waals surface area contributed by atoms with E-state index in [4.69, 9.17) is 16.7 Å². The Morgan fingerprint density at radius 1 is 1.15 bits per heavy atom. The highest BCUT2D eigenvalue weighted by Crippen LogP contribution is 2.09. The number of hydrogen-bond donors (Lipinski definition) is 3. The van der Waals surface area contributed by atoms with Gasteiger partial charge < -0.3 is 10.4 Å². The van der Waals surface area contributed by atoms with Gasteiger partial charge in [-0.2, -0.15) is 0 Å². The maximum absolute atomic E-state index is 11.3. The van der Waals surface area contributed by atoms with Crippen molar-refractivity contribution >= 4 is 29.5 Å². The number of urea groups is 1. The van der Waals surface area contributed by atoms with Gasteiger partial charge in [0.1, 0.15) is 0 Å². The molecule has 3 amide bonds. The van der Waals surface area contributed by atoms with Crippen LogP contribution in [0.5, 0.6) is 0 Å². The number of amides is 3. The first-order valence-electron chi connectivity index (χ1n) is 5.71. The molecule has 0 spiro atoms. The highest BCUT2D eigenvalue weighted by atomic mass is 35.5. The van der Waals surface area contributed by atoms with Gasteiger partial charge in [-0.1, -0.05) is 23.7 Å². The molecule has 0 aliphatic heterocycles. The van der Waals surface area contributed by atoms with Crippen LogP contribution in [0.1, 0.15) is 5.56 Å². The second kappa shape index (κ2) is 7.96. The monoisotopic (exact) mass is 296 g/mol. The van der Waals surface area contributed by atoms with Crippen LogP contribution in [0.15, 0.2) is 36.4 Å². The van der Waals surface area contributed by atoms with Crippen molar-refractivity contribution in [2.24, 2.45) is 0 Å². The Labute approximate surface area is 120 Å². The summed E-state index contributed by atoms with van der Waals surface area (Å²) in [5, 5.41) is 13.4. The van der Waals surface area contributed by atoms with Crippen LogP contribution in [0.4, 0.5) is 4.79 Å². The third kappa shape index (κ3) is 6.55. The maximum Gasteiger partial charge on any atom is 0.328 e. The summed E-state index contributed by atoms with van der Waals surface area (Å²) < 4.78 is 0. The highest BCUT2D eigenvalue weighted by molar-refractivity contribution is 6.30. The number of carbonyl (C=O) groups is 3. The lowest BCUT2D eigenvalue weighted by Crippen LogP contribution is -2.39. The van der Waals surface area contributed by atoms with Crippen molar-refractivity contribution in [1.82, 2.24) is 10.6 Å². The fourth-order valence-electron chi connectivity index (χ4n) is 1.32. The molecule has 0 aliphatic rings. The summed E-state index contributed by atoms with van der Waals surface area (Å²) >= 11 is 5.74.